The number of hydrogen-bond acceptors (Lipinski definition) is 7. The molecule has 2 unspecified atom stereocenters. The van der Waals surface area contributed by atoms with Crippen molar-refractivity contribution in [2.45, 2.75) is 32.6 Å². The van der Waals surface area contributed by atoms with E-state index in [0.29, 0.717) is 41.3 Å². The van der Waals surface area contributed by atoms with E-state index in [-0.39, 0.29) is 49.1 Å². The first kappa shape index (κ1) is 25.1. The van der Waals surface area contributed by atoms with Crippen molar-refractivity contribution in [1.82, 2.24) is 24.6 Å². The van der Waals surface area contributed by atoms with Crippen LogP contribution >= 0.6 is 11.6 Å². The maximum absolute atomic E-state index is 13.4. The highest BCUT2D eigenvalue weighted by atomic mass is 35.5. The average Bonchev–Trinajstić information content (AvgIpc) is 3.31. The van der Waals surface area contributed by atoms with E-state index in [1.54, 1.807) is 23.1 Å². The minimum Gasteiger partial charge on any atom is -0.480 e. The van der Waals surface area contributed by atoms with E-state index >= 15 is 0 Å². The minimum absolute atomic E-state index is 0.00870. The molecular weight excluding hydrogens is 511 g/mol. The summed E-state index contributed by atoms with van der Waals surface area (Å²) in [5, 5.41) is 18.1. The van der Waals surface area contributed by atoms with Gasteiger partial charge in [0.05, 0.1) is 24.9 Å². The number of piperidine rings is 1. The Balaban J connectivity index is 1.38. The minimum atomic E-state index is -4.59. The average molecular weight is 534 g/mol. The lowest BCUT2D eigenvalue weighted by molar-refractivity contribution is -0.148. The van der Waals surface area contributed by atoms with E-state index in [1.165, 1.54) is 7.11 Å². The number of nitrogens with zero attached hydrogens (tertiary/aromatic N) is 7. The summed E-state index contributed by atoms with van der Waals surface area (Å²) in [6, 6.07) is 7.45. The van der Waals surface area contributed by atoms with Crippen molar-refractivity contribution in [3.05, 3.63) is 40.4 Å². The van der Waals surface area contributed by atoms with Crippen LogP contribution in [0.1, 0.15) is 30.6 Å². The molecule has 1 amide bonds. The van der Waals surface area contributed by atoms with Gasteiger partial charge in [-0.05, 0) is 30.5 Å². The number of carbonyl (C=O) groups is 1. The van der Waals surface area contributed by atoms with Gasteiger partial charge in [-0.1, -0.05) is 18.5 Å². The van der Waals surface area contributed by atoms with E-state index in [0.717, 1.165) is 9.95 Å². The Labute approximate surface area is 215 Å². The maximum atomic E-state index is 13.4. The molecule has 2 aliphatic rings. The summed E-state index contributed by atoms with van der Waals surface area (Å²) in [7, 11) is 1.46. The number of pyridine rings is 1. The Bertz CT molecular complexity index is 1420. The summed E-state index contributed by atoms with van der Waals surface area (Å²) in [5.41, 5.74) is 1.59. The van der Waals surface area contributed by atoms with Crippen LogP contribution in [0.5, 0.6) is 5.88 Å². The van der Waals surface area contributed by atoms with E-state index in [9.17, 15) is 23.2 Å². The number of rotatable bonds is 3. The molecule has 2 atom stereocenters. The van der Waals surface area contributed by atoms with Gasteiger partial charge in [0, 0.05) is 42.5 Å². The number of nitriles is 1. The zero-order chi connectivity index (χ0) is 26.5. The van der Waals surface area contributed by atoms with Crippen LogP contribution < -0.4 is 9.64 Å². The molecule has 9 nitrogen and oxygen atoms in total. The monoisotopic (exact) mass is 533 g/mol. The molecule has 194 valence electrons. The molecule has 5 rings (SSSR count). The van der Waals surface area contributed by atoms with Crippen molar-refractivity contribution in [2.24, 2.45) is 11.8 Å². The third-order valence-corrected chi connectivity index (χ3v) is 7.28. The second-order valence-corrected chi connectivity index (χ2v) is 9.72. The molecule has 1 saturated heterocycles. The summed E-state index contributed by atoms with van der Waals surface area (Å²) >= 11 is 6.26. The number of aromatic nitrogens is 4. The fourth-order valence-electron chi connectivity index (χ4n) is 5.28. The number of amides is 1. The molecule has 13 heteroatoms. The van der Waals surface area contributed by atoms with Gasteiger partial charge in [0.2, 0.25) is 17.6 Å². The van der Waals surface area contributed by atoms with Crippen molar-refractivity contribution in [3.8, 4) is 11.9 Å². The first-order chi connectivity index (χ1) is 17.6. The highest BCUT2D eigenvalue weighted by Gasteiger charge is 2.41. The van der Waals surface area contributed by atoms with Crippen molar-refractivity contribution < 1.29 is 22.7 Å². The van der Waals surface area contributed by atoms with Crippen LogP contribution in [0.2, 0.25) is 5.02 Å². The molecule has 0 aliphatic carbocycles. The molecule has 37 heavy (non-hydrogen) atoms. The van der Waals surface area contributed by atoms with Gasteiger partial charge in [-0.2, -0.15) is 18.4 Å². The molecule has 1 fully saturated rings. The molecule has 1 aromatic carbocycles. The summed E-state index contributed by atoms with van der Waals surface area (Å²) in [5.74, 6) is -1.22. The number of benzene rings is 1. The van der Waals surface area contributed by atoms with E-state index in [4.69, 9.17) is 16.3 Å². The third-order valence-electron chi connectivity index (χ3n) is 7.05. The lowest BCUT2D eigenvalue weighted by Gasteiger charge is -2.40. The maximum Gasteiger partial charge on any atom is 0.451 e. The number of halogens is 4. The van der Waals surface area contributed by atoms with Gasteiger partial charge in [-0.3, -0.25) is 4.79 Å². The van der Waals surface area contributed by atoms with Crippen LogP contribution in [0.25, 0.3) is 10.9 Å². The molecule has 0 bridgehead atoms. The molecule has 2 aliphatic heterocycles. The van der Waals surface area contributed by atoms with Crippen LogP contribution in [-0.2, 0) is 24.1 Å². The zero-order valence-corrected chi connectivity index (χ0v) is 20.8. The Morgan fingerprint density at radius 3 is 2.70 bits per heavy atom. The van der Waals surface area contributed by atoms with E-state index in [2.05, 4.69) is 26.2 Å². The number of ether oxygens (including phenoxy) is 1. The smallest absolute Gasteiger partial charge is 0.451 e. The van der Waals surface area contributed by atoms with Crippen molar-refractivity contribution in [3.63, 3.8) is 0 Å². The van der Waals surface area contributed by atoms with Gasteiger partial charge in [-0.15, -0.1) is 10.2 Å². The highest BCUT2D eigenvalue weighted by Crippen LogP contribution is 2.39. The second-order valence-electron chi connectivity index (χ2n) is 9.29. The van der Waals surface area contributed by atoms with Gasteiger partial charge in [0.15, 0.2) is 5.82 Å². The zero-order valence-electron chi connectivity index (χ0n) is 20.1. The molecule has 3 aromatic rings. The molecule has 4 heterocycles. The van der Waals surface area contributed by atoms with Crippen LogP contribution in [0.15, 0.2) is 18.2 Å². The Morgan fingerprint density at radius 2 is 2.03 bits per heavy atom. The number of fused-ring (bicyclic) bond motifs is 2. The number of hydrogen-bond donors (Lipinski definition) is 0. The quantitative estimate of drug-likeness (QED) is 0.503. The number of carbonyl (C=O) groups excluding carboxylic acids is 1. The summed E-state index contributed by atoms with van der Waals surface area (Å²) in [6.45, 7) is 3.07. The van der Waals surface area contributed by atoms with Gasteiger partial charge in [0.1, 0.15) is 11.6 Å². The third kappa shape index (κ3) is 4.41. The van der Waals surface area contributed by atoms with Crippen LogP contribution in [0.3, 0.4) is 0 Å². The summed E-state index contributed by atoms with van der Waals surface area (Å²) in [4.78, 5) is 21.5. The molecule has 0 saturated carbocycles. The van der Waals surface area contributed by atoms with Gasteiger partial charge in [-0.25, -0.2) is 4.98 Å². The topological polar surface area (TPSA) is 100 Å². The Morgan fingerprint density at radius 1 is 1.24 bits per heavy atom. The first-order valence-electron chi connectivity index (χ1n) is 11.7. The Hall–Kier alpha value is -3.59. The van der Waals surface area contributed by atoms with E-state index in [1.807, 2.05) is 6.92 Å². The standard InChI is InChI=1S/C24H23ClF3N7O2/c1-13-11-33(20-16-9-14(25)3-4-18(16)30-21(37-2)17(20)10-29)6-5-15(13)22(36)34-7-8-35-19(12-34)31-32-23(35)24(26,27)28/h3-4,9,13,15H,5-8,11-12H2,1-2H3. The van der Waals surface area contributed by atoms with Crippen LogP contribution in [-0.4, -0.2) is 57.3 Å². The fourth-order valence-corrected chi connectivity index (χ4v) is 5.45. The van der Waals surface area contributed by atoms with Crippen molar-refractivity contribution >= 4 is 34.1 Å². The lowest BCUT2D eigenvalue weighted by Crippen LogP contribution is -2.49. The number of anilines is 1. The normalized spacial score (nSPS) is 20.0. The van der Waals surface area contributed by atoms with Crippen molar-refractivity contribution in [1.29, 1.82) is 5.26 Å². The highest BCUT2D eigenvalue weighted by molar-refractivity contribution is 6.31. The SMILES string of the molecule is COc1nc2ccc(Cl)cc2c(N2CCC(C(=O)N3CCn4c(nnc4C(F)(F)F)C3)C(C)C2)c1C#N. The molecular formula is C24H23ClF3N7O2. The largest absolute Gasteiger partial charge is 0.480 e. The predicted octanol–water partition coefficient (Wildman–Crippen LogP) is 3.88. The van der Waals surface area contributed by atoms with Gasteiger partial charge in [0.25, 0.3) is 0 Å². The number of alkyl halides is 3. The molecule has 0 N–H and O–H groups in total. The number of methoxy groups -OCH3 is 1. The molecule has 2 aromatic heterocycles. The predicted molar refractivity (Wildman–Crippen MR) is 128 cm³/mol. The van der Waals surface area contributed by atoms with Crippen LogP contribution in [0, 0.1) is 23.2 Å². The Kier molecular flexibility index (Phi) is 6.35. The second kappa shape index (κ2) is 9.37. The van der Waals surface area contributed by atoms with Crippen molar-refractivity contribution in [2.75, 3.05) is 31.6 Å². The fraction of sp³-hybridized carbons (Fsp3) is 0.458. The van der Waals surface area contributed by atoms with Crippen LogP contribution in [0.4, 0.5) is 18.9 Å². The summed E-state index contributed by atoms with van der Waals surface area (Å²) < 4.78 is 45.9. The molecule has 0 spiro atoms. The van der Waals surface area contributed by atoms with Gasteiger partial charge >= 0.3 is 6.18 Å². The first-order valence-corrected chi connectivity index (χ1v) is 12.1. The van der Waals surface area contributed by atoms with Gasteiger partial charge < -0.3 is 19.1 Å². The lowest BCUT2D eigenvalue weighted by atomic mass is 9.85. The summed E-state index contributed by atoms with van der Waals surface area (Å²) in [6.07, 6.45) is -4.08. The molecule has 0 radical (unpaired) electrons. The van der Waals surface area contributed by atoms with E-state index < -0.39 is 12.0 Å².